The van der Waals surface area contributed by atoms with E-state index in [1.165, 1.54) is 5.56 Å². The van der Waals surface area contributed by atoms with Crippen molar-refractivity contribution in [1.82, 2.24) is 0 Å². The number of hydrogen-bond donors (Lipinski definition) is 2. The molecule has 2 aromatic carbocycles. The minimum atomic E-state index is -0.221. The van der Waals surface area contributed by atoms with Crippen molar-refractivity contribution in [2.24, 2.45) is 10.9 Å². The molecule has 1 heterocycles. The van der Waals surface area contributed by atoms with E-state index >= 15 is 0 Å². The van der Waals surface area contributed by atoms with Crippen LogP contribution in [0.25, 0.3) is 6.20 Å². The first-order valence-corrected chi connectivity index (χ1v) is 7.87. The second-order valence-electron chi connectivity index (χ2n) is 6.32. The van der Waals surface area contributed by atoms with Crippen molar-refractivity contribution in [3.05, 3.63) is 58.1 Å². The van der Waals surface area contributed by atoms with Gasteiger partial charge in [0, 0.05) is 22.7 Å². The number of nitrogens with zero attached hydrogens (tertiary/aromatic N) is 2. The molecule has 0 saturated carbocycles. The van der Waals surface area contributed by atoms with Gasteiger partial charge in [0.1, 0.15) is 11.9 Å². The van der Waals surface area contributed by atoms with E-state index < -0.39 is 0 Å². The van der Waals surface area contributed by atoms with Crippen molar-refractivity contribution in [2.75, 3.05) is 4.90 Å². The molecule has 1 atom stereocenters. The predicted molar refractivity (Wildman–Crippen MR) is 91.6 cm³/mol. The van der Waals surface area contributed by atoms with Crippen LogP contribution in [0.4, 0.5) is 5.69 Å². The van der Waals surface area contributed by atoms with Crippen LogP contribution in [0.5, 0.6) is 5.75 Å². The maximum atomic E-state index is 9.96. The first kappa shape index (κ1) is 15.6. The van der Waals surface area contributed by atoms with Gasteiger partial charge in [-0.05, 0) is 37.1 Å². The largest absolute Gasteiger partial charge is 0.508 e. The summed E-state index contributed by atoms with van der Waals surface area (Å²) in [6.07, 6.45) is 1.98. The second kappa shape index (κ2) is 6.05. The Morgan fingerprint density at radius 2 is 1.83 bits per heavy atom. The molecule has 1 aliphatic rings. The Morgan fingerprint density at radius 1 is 1.13 bits per heavy atom. The first-order valence-electron chi connectivity index (χ1n) is 7.87. The molecule has 0 radical (unpaired) electrons. The lowest BCUT2D eigenvalue weighted by Gasteiger charge is -2.33. The van der Waals surface area contributed by atoms with Gasteiger partial charge in [-0.1, -0.05) is 31.5 Å². The fourth-order valence-electron chi connectivity index (χ4n) is 2.89. The van der Waals surface area contributed by atoms with Crippen LogP contribution < -0.4 is 15.5 Å². The molecule has 4 heteroatoms. The number of hydrogen-bond acceptors (Lipinski definition) is 4. The zero-order valence-electron chi connectivity index (χ0n) is 13.7. The van der Waals surface area contributed by atoms with Crippen molar-refractivity contribution >= 4 is 11.9 Å². The number of benzene rings is 2. The van der Waals surface area contributed by atoms with Gasteiger partial charge in [-0.15, -0.1) is 0 Å². The van der Waals surface area contributed by atoms with Crippen LogP contribution >= 0.6 is 0 Å². The molecule has 0 aliphatic carbocycles. The summed E-state index contributed by atoms with van der Waals surface area (Å²) in [5.74, 6) is 0.379. The smallest absolute Gasteiger partial charge is 0.128 e. The first-order chi connectivity index (χ1) is 11.0. The lowest BCUT2D eigenvalue weighted by atomic mass is 10.1. The van der Waals surface area contributed by atoms with Gasteiger partial charge in [0.15, 0.2) is 0 Å². The summed E-state index contributed by atoms with van der Waals surface area (Å²) in [5, 5.41) is 21.1. The summed E-state index contributed by atoms with van der Waals surface area (Å²) in [4.78, 5) is 6.99. The molecule has 0 saturated heterocycles. The van der Waals surface area contributed by atoms with E-state index in [1.54, 1.807) is 6.07 Å². The molecule has 4 nitrogen and oxygen atoms in total. The van der Waals surface area contributed by atoms with Crippen molar-refractivity contribution in [2.45, 2.75) is 33.5 Å². The van der Waals surface area contributed by atoms with Gasteiger partial charge in [0.05, 0.1) is 12.0 Å². The van der Waals surface area contributed by atoms with Gasteiger partial charge in [-0.2, -0.15) is 0 Å². The van der Waals surface area contributed by atoms with Crippen LogP contribution in [0.15, 0.2) is 41.4 Å². The van der Waals surface area contributed by atoms with Crippen LogP contribution in [0, 0.1) is 12.8 Å². The van der Waals surface area contributed by atoms with Crippen LogP contribution in [-0.2, 0) is 6.61 Å². The maximum absolute atomic E-state index is 9.96. The Bertz CT molecular complexity index is 826. The Hall–Kier alpha value is -2.33. The average Bonchev–Trinajstić information content (AvgIpc) is 2.54. The van der Waals surface area contributed by atoms with Crippen LogP contribution in [0.2, 0.25) is 0 Å². The third kappa shape index (κ3) is 2.82. The monoisotopic (exact) mass is 310 g/mol. The molecule has 2 N–H and O–H groups in total. The molecule has 1 aliphatic heterocycles. The maximum Gasteiger partial charge on any atom is 0.128 e. The lowest BCUT2D eigenvalue weighted by molar-refractivity contribution is 0.273. The lowest BCUT2D eigenvalue weighted by Crippen LogP contribution is -2.45. The number of rotatable bonds is 3. The Balaban J connectivity index is 2.20. The number of aryl methyl sites for hydroxylation is 1. The molecular weight excluding hydrogens is 288 g/mol. The quantitative estimate of drug-likeness (QED) is 0.912. The van der Waals surface area contributed by atoms with Gasteiger partial charge < -0.3 is 15.1 Å². The van der Waals surface area contributed by atoms with E-state index in [1.807, 2.05) is 6.07 Å². The Morgan fingerprint density at radius 3 is 2.43 bits per heavy atom. The second-order valence-corrected chi connectivity index (χ2v) is 6.32. The highest BCUT2D eigenvalue weighted by molar-refractivity contribution is 5.61. The van der Waals surface area contributed by atoms with E-state index in [2.05, 4.69) is 56.1 Å². The zero-order chi connectivity index (χ0) is 16.6. The highest BCUT2D eigenvalue weighted by Crippen LogP contribution is 2.24. The molecule has 0 spiro atoms. The Kier molecular flexibility index (Phi) is 4.09. The fraction of sp³-hybridized carbons (Fsp3) is 0.316. The molecule has 2 aromatic rings. The molecule has 120 valence electrons. The van der Waals surface area contributed by atoms with Crippen molar-refractivity contribution in [1.29, 1.82) is 0 Å². The fourth-order valence-corrected chi connectivity index (χ4v) is 2.89. The van der Waals surface area contributed by atoms with Crippen molar-refractivity contribution in [3.63, 3.8) is 0 Å². The number of aliphatic hydroxyl groups excluding tert-OH is 1. The Labute approximate surface area is 136 Å². The van der Waals surface area contributed by atoms with E-state index in [0.717, 1.165) is 10.9 Å². The summed E-state index contributed by atoms with van der Waals surface area (Å²) >= 11 is 0. The number of aliphatic hydroxyl groups is 1. The van der Waals surface area contributed by atoms with Gasteiger partial charge in [0.25, 0.3) is 0 Å². The normalized spacial score (nSPS) is 16.7. The van der Waals surface area contributed by atoms with Crippen LogP contribution in [0.3, 0.4) is 0 Å². The third-order valence-corrected chi connectivity index (χ3v) is 4.20. The summed E-state index contributed by atoms with van der Waals surface area (Å²) in [6.45, 7) is 6.09. The summed E-state index contributed by atoms with van der Waals surface area (Å²) < 4.78 is 0. The zero-order valence-corrected chi connectivity index (χ0v) is 13.7. The highest BCUT2D eigenvalue weighted by atomic mass is 16.3. The van der Waals surface area contributed by atoms with Crippen molar-refractivity contribution in [3.8, 4) is 5.75 Å². The SMILES string of the molecule is Cc1ccc(N2C=c3ccc(O)c(CO)c3=NC2C(C)C)cc1. The average molecular weight is 310 g/mol. The van der Waals surface area contributed by atoms with E-state index in [-0.39, 0.29) is 24.4 Å². The van der Waals surface area contributed by atoms with Gasteiger partial charge in [-0.3, -0.25) is 4.99 Å². The summed E-state index contributed by atoms with van der Waals surface area (Å²) in [6, 6.07) is 11.8. The number of phenols is 1. The standard InChI is InChI=1S/C19H22N2O2/c1-12(2)19-20-18-14(6-9-17(23)16(18)11-22)10-21(19)15-7-4-13(3)5-8-15/h4-10,12,19,22-23H,11H2,1-3H3. The molecule has 23 heavy (non-hydrogen) atoms. The molecule has 0 aromatic heterocycles. The predicted octanol–water partition coefficient (Wildman–Crippen LogP) is 2.05. The minimum absolute atomic E-state index is 0.0719. The number of anilines is 1. The van der Waals surface area contributed by atoms with Gasteiger partial charge in [0.2, 0.25) is 0 Å². The molecule has 0 bridgehead atoms. The van der Waals surface area contributed by atoms with Gasteiger partial charge in [-0.25, -0.2) is 0 Å². The highest BCUT2D eigenvalue weighted by Gasteiger charge is 2.23. The molecule has 0 amide bonds. The van der Waals surface area contributed by atoms with E-state index in [9.17, 15) is 10.2 Å². The topological polar surface area (TPSA) is 56.1 Å². The van der Waals surface area contributed by atoms with Crippen molar-refractivity contribution < 1.29 is 10.2 Å². The van der Waals surface area contributed by atoms with Gasteiger partial charge >= 0.3 is 0 Å². The van der Waals surface area contributed by atoms with E-state index in [0.29, 0.717) is 10.9 Å². The molecule has 1 unspecified atom stereocenters. The number of aromatic hydroxyl groups is 1. The number of fused-ring (bicyclic) bond motifs is 1. The molecular formula is C19H22N2O2. The molecule has 0 fully saturated rings. The minimum Gasteiger partial charge on any atom is -0.508 e. The van der Waals surface area contributed by atoms with Crippen LogP contribution in [0.1, 0.15) is 25.0 Å². The van der Waals surface area contributed by atoms with Crippen LogP contribution in [-0.4, -0.2) is 16.4 Å². The third-order valence-electron chi connectivity index (χ3n) is 4.20. The summed E-state index contributed by atoms with van der Waals surface area (Å²) in [7, 11) is 0. The molecule has 3 rings (SSSR count). The van der Waals surface area contributed by atoms with E-state index in [4.69, 9.17) is 4.99 Å². The summed E-state index contributed by atoms with van der Waals surface area (Å²) in [5.41, 5.74) is 2.80.